The molecule has 0 aromatic carbocycles. The summed E-state index contributed by atoms with van der Waals surface area (Å²) in [5, 5.41) is 9.22. The molecule has 0 bridgehead atoms. The minimum atomic E-state index is -0.0894. The molecule has 6 nitrogen and oxygen atoms in total. The van der Waals surface area contributed by atoms with Gasteiger partial charge in [-0.3, -0.25) is 9.79 Å². The summed E-state index contributed by atoms with van der Waals surface area (Å²) in [5.41, 5.74) is 0.800. The lowest BCUT2D eigenvalue weighted by atomic mass is 10.1. The number of aliphatic imine (C=N–C) groups is 1. The van der Waals surface area contributed by atoms with E-state index in [1.165, 1.54) is 0 Å². The predicted molar refractivity (Wildman–Crippen MR) is 91.1 cm³/mol. The average molecular weight is 305 g/mol. The van der Waals surface area contributed by atoms with Crippen molar-refractivity contribution in [2.75, 3.05) is 18.4 Å². The molecule has 0 aliphatic carbocycles. The van der Waals surface area contributed by atoms with Gasteiger partial charge >= 0.3 is 0 Å². The molecule has 1 aromatic heterocycles. The van der Waals surface area contributed by atoms with E-state index in [0.29, 0.717) is 18.8 Å². The molecule has 0 unspecified atom stereocenters. The number of nitrogens with one attached hydrogen (secondary N) is 3. The van der Waals surface area contributed by atoms with Gasteiger partial charge in [0, 0.05) is 24.2 Å². The largest absolute Gasteiger partial charge is 0.357 e. The maximum Gasteiger partial charge on any atom is 0.227 e. The lowest BCUT2D eigenvalue weighted by molar-refractivity contribution is -0.116. The Morgan fingerprint density at radius 3 is 2.64 bits per heavy atom. The van der Waals surface area contributed by atoms with Crippen molar-refractivity contribution in [2.45, 2.75) is 46.6 Å². The molecule has 0 saturated carbocycles. The highest BCUT2D eigenvalue weighted by Gasteiger charge is 2.11. The van der Waals surface area contributed by atoms with Crippen LogP contribution < -0.4 is 16.0 Å². The minimum Gasteiger partial charge on any atom is -0.357 e. The fourth-order valence-electron chi connectivity index (χ4n) is 1.75. The van der Waals surface area contributed by atoms with E-state index < -0.39 is 0 Å². The molecule has 3 N–H and O–H groups in total. The quantitative estimate of drug-likeness (QED) is 0.575. The molecule has 0 spiro atoms. The van der Waals surface area contributed by atoms with Crippen molar-refractivity contribution in [1.29, 1.82) is 0 Å². The molecule has 6 heteroatoms. The summed E-state index contributed by atoms with van der Waals surface area (Å²) in [4.78, 5) is 20.5. The number of aromatic nitrogens is 1. The van der Waals surface area contributed by atoms with E-state index >= 15 is 0 Å². The summed E-state index contributed by atoms with van der Waals surface area (Å²) < 4.78 is 0. The van der Waals surface area contributed by atoms with Crippen molar-refractivity contribution in [3.63, 3.8) is 0 Å². The second-order valence-electron chi connectivity index (χ2n) is 6.10. The van der Waals surface area contributed by atoms with Crippen molar-refractivity contribution in [1.82, 2.24) is 15.6 Å². The molecule has 0 radical (unpaired) electrons. The number of amides is 1. The van der Waals surface area contributed by atoms with Crippen LogP contribution in [0.25, 0.3) is 0 Å². The van der Waals surface area contributed by atoms with Crippen molar-refractivity contribution >= 4 is 17.7 Å². The van der Waals surface area contributed by atoms with Crippen molar-refractivity contribution in [2.24, 2.45) is 4.99 Å². The third-order valence-corrected chi connectivity index (χ3v) is 2.60. The SMILES string of the molecule is CCNC(=NCCC(=O)Nc1cccc(C)n1)NC(C)(C)C. The van der Waals surface area contributed by atoms with Crippen LogP contribution in [0.5, 0.6) is 0 Å². The second kappa shape index (κ2) is 8.36. The van der Waals surface area contributed by atoms with Gasteiger partial charge in [0.2, 0.25) is 5.91 Å². The third-order valence-electron chi connectivity index (χ3n) is 2.60. The molecular weight excluding hydrogens is 278 g/mol. The van der Waals surface area contributed by atoms with Crippen LogP contribution in [0.1, 0.15) is 39.8 Å². The maximum absolute atomic E-state index is 11.9. The lowest BCUT2D eigenvalue weighted by Gasteiger charge is -2.23. The Bertz CT molecular complexity index is 520. The Labute approximate surface area is 132 Å². The van der Waals surface area contributed by atoms with Crippen LogP contribution in [0.3, 0.4) is 0 Å². The van der Waals surface area contributed by atoms with Gasteiger partial charge in [0.15, 0.2) is 5.96 Å². The van der Waals surface area contributed by atoms with Crippen LogP contribution in [0.2, 0.25) is 0 Å². The number of hydrogen-bond donors (Lipinski definition) is 3. The van der Waals surface area contributed by atoms with Gasteiger partial charge in [-0.25, -0.2) is 4.98 Å². The maximum atomic E-state index is 11.9. The topological polar surface area (TPSA) is 78.4 Å². The lowest BCUT2D eigenvalue weighted by Crippen LogP contribution is -2.47. The zero-order chi connectivity index (χ0) is 16.6. The van der Waals surface area contributed by atoms with Crippen LogP contribution in [-0.4, -0.2) is 35.5 Å². The Morgan fingerprint density at radius 2 is 2.05 bits per heavy atom. The average Bonchev–Trinajstić information content (AvgIpc) is 2.37. The molecule has 0 atom stereocenters. The first-order valence-electron chi connectivity index (χ1n) is 7.60. The van der Waals surface area contributed by atoms with E-state index in [2.05, 4.69) is 46.7 Å². The zero-order valence-corrected chi connectivity index (χ0v) is 14.2. The first-order valence-corrected chi connectivity index (χ1v) is 7.60. The van der Waals surface area contributed by atoms with E-state index in [1.807, 2.05) is 26.0 Å². The highest BCUT2D eigenvalue weighted by atomic mass is 16.1. The van der Waals surface area contributed by atoms with E-state index in [4.69, 9.17) is 0 Å². The Balaban J connectivity index is 2.49. The van der Waals surface area contributed by atoms with Gasteiger partial charge < -0.3 is 16.0 Å². The number of guanidine groups is 1. The number of aryl methyl sites for hydroxylation is 1. The summed E-state index contributed by atoms with van der Waals surface area (Å²) in [6, 6.07) is 5.53. The monoisotopic (exact) mass is 305 g/mol. The van der Waals surface area contributed by atoms with Crippen molar-refractivity contribution < 1.29 is 4.79 Å². The third kappa shape index (κ3) is 7.61. The number of anilines is 1. The molecule has 1 rings (SSSR count). The van der Waals surface area contributed by atoms with Crippen LogP contribution >= 0.6 is 0 Å². The standard InChI is InChI=1S/C16H27N5O/c1-6-17-15(21-16(3,4)5)18-11-10-14(22)20-13-9-7-8-12(2)19-13/h7-9H,6,10-11H2,1-5H3,(H2,17,18,21)(H,19,20,22). The number of hydrogen-bond acceptors (Lipinski definition) is 3. The van der Waals surface area contributed by atoms with E-state index in [1.54, 1.807) is 6.07 Å². The van der Waals surface area contributed by atoms with Gasteiger partial charge in [0.05, 0.1) is 6.54 Å². The fourth-order valence-corrected chi connectivity index (χ4v) is 1.75. The van der Waals surface area contributed by atoms with E-state index in [-0.39, 0.29) is 11.4 Å². The normalized spacial score (nSPS) is 12.0. The second-order valence-corrected chi connectivity index (χ2v) is 6.10. The minimum absolute atomic E-state index is 0.0747. The Kier molecular flexibility index (Phi) is 6.82. The smallest absolute Gasteiger partial charge is 0.227 e. The Morgan fingerprint density at radius 1 is 1.32 bits per heavy atom. The summed E-state index contributed by atoms with van der Waals surface area (Å²) in [7, 11) is 0. The molecule has 0 fully saturated rings. The number of rotatable bonds is 5. The number of nitrogens with zero attached hydrogens (tertiary/aromatic N) is 2. The van der Waals surface area contributed by atoms with Crippen molar-refractivity contribution in [3.05, 3.63) is 23.9 Å². The Hall–Kier alpha value is -2.11. The molecule has 1 amide bonds. The number of carbonyl (C=O) groups is 1. The fraction of sp³-hybridized carbons (Fsp3) is 0.562. The summed E-state index contributed by atoms with van der Waals surface area (Å²) in [6.07, 6.45) is 0.316. The highest BCUT2D eigenvalue weighted by Crippen LogP contribution is 2.04. The van der Waals surface area contributed by atoms with E-state index in [9.17, 15) is 4.79 Å². The molecule has 0 aliphatic heterocycles. The van der Waals surface area contributed by atoms with Crippen LogP contribution in [0, 0.1) is 6.92 Å². The van der Waals surface area contributed by atoms with Gasteiger partial charge in [0.25, 0.3) is 0 Å². The van der Waals surface area contributed by atoms with Crippen LogP contribution in [0.4, 0.5) is 5.82 Å². The van der Waals surface area contributed by atoms with E-state index in [0.717, 1.165) is 18.2 Å². The number of carbonyl (C=O) groups excluding carboxylic acids is 1. The summed E-state index contributed by atoms with van der Waals surface area (Å²) >= 11 is 0. The summed E-state index contributed by atoms with van der Waals surface area (Å²) in [6.45, 7) is 11.3. The van der Waals surface area contributed by atoms with Gasteiger partial charge in [-0.15, -0.1) is 0 Å². The molecule has 0 aliphatic rings. The first kappa shape index (κ1) is 17.9. The molecule has 22 heavy (non-hydrogen) atoms. The highest BCUT2D eigenvalue weighted by molar-refractivity contribution is 5.90. The predicted octanol–water partition coefficient (Wildman–Crippen LogP) is 2.07. The summed E-state index contributed by atoms with van der Waals surface area (Å²) in [5.74, 6) is 1.21. The number of pyridine rings is 1. The first-order chi connectivity index (χ1) is 10.3. The molecule has 122 valence electrons. The van der Waals surface area contributed by atoms with Gasteiger partial charge in [-0.1, -0.05) is 6.07 Å². The molecule has 0 saturated heterocycles. The van der Waals surface area contributed by atoms with Gasteiger partial charge in [-0.2, -0.15) is 0 Å². The van der Waals surface area contributed by atoms with Crippen LogP contribution in [0.15, 0.2) is 23.2 Å². The van der Waals surface area contributed by atoms with Gasteiger partial charge in [0.1, 0.15) is 5.82 Å². The molecular formula is C16H27N5O. The molecule has 1 heterocycles. The molecule has 1 aromatic rings. The van der Waals surface area contributed by atoms with Crippen LogP contribution in [-0.2, 0) is 4.79 Å². The van der Waals surface area contributed by atoms with Gasteiger partial charge in [-0.05, 0) is 46.8 Å². The van der Waals surface area contributed by atoms with Crippen molar-refractivity contribution in [3.8, 4) is 0 Å². The zero-order valence-electron chi connectivity index (χ0n) is 14.2.